The summed E-state index contributed by atoms with van der Waals surface area (Å²) >= 11 is 0. The third-order valence-corrected chi connectivity index (χ3v) is 4.37. The summed E-state index contributed by atoms with van der Waals surface area (Å²) in [7, 11) is 3.11. The van der Waals surface area contributed by atoms with Crippen molar-refractivity contribution in [3.8, 4) is 11.5 Å². The summed E-state index contributed by atoms with van der Waals surface area (Å²) in [5, 5.41) is 3.49. The lowest BCUT2D eigenvalue weighted by Crippen LogP contribution is -2.28. The molecule has 0 bridgehead atoms. The van der Waals surface area contributed by atoms with Crippen LogP contribution in [-0.2, 0) is 16.1 Å². The number of rotatable bonds is 7. The Morgan fingerprint density at radius 3 is 2.54 bits per heavy atom. The second-order valence-electron chi connectivity index (χ2n) is 6.21. The molecule has 0 atom stereocenters. The monoisotopic (exact) mass is 382 g/mol. The Kier molecular flexibility index (Phi) is 5.84. The van der Waals surface area contributed by atoms with Crippen molar-refractivity contribution in [3.63, 3.8) is 0 Å². The van der Waals surface area contributed by atoms with Crippen molar-refractivity contribution < 1.29 is 23.8 Å². The molecule has 2 aromatic carbocycles. The van der Waals surface area contributed by atoms with E-state index in [1.165, 1.54) is 0 Å². The fourth-order valence-electron chi connectivity index (χ4n) is 2.99. The topological polar surface area (TPSA) is 89.6 Å². The zero-order valence-corrected chi connectivity index (χ0v) is 16.0. The van der Waals surface area contributed by atoms with Gasteiger partial charge in [-0.1, -0.05) is 24.3 Å². The molecule has 0 aliphatic rings. The molecule has 0 aliphatic carbocycles. The molecule has 0 fully saturated rings. The number of aromatic amines is 1. The van der Waals surface area contributed by atoms with Crippen LogP contribution in [0.25, 0.3) is 10.9 Å². The molecule has 0 radical (unpaired) electrons. The van der Waals surface area contributed by atoms with E-state index in [0.29, 0.717) is 22.8 Å². The van der Waals surface area contributed by atoms with Crippen molar-refractivity contribution in [1.82, 2.24) is 10.3 Å². The fraction of sp³-hybridized carbons (Fsp3) is 0.238. The summed E-state index contributed by atoms with van der Waals surface area (Å²) < 4.78 is 15.6. The normalized spacial score (nSPS) is 10.5. The number of aryl methyl sites for hydroxylation is 1. The van der Waals surface area contributed by atoms with E-state index in [-0.39, 0.29) is 19.1 Å². The smallest absolute Gasteiger partial charge is 0.341 e. The minimum absolute atomic E-state index is 0.281. The summed E-state index contributed by atoms with van der Waals surface area (Å²) in [5.74, 6) is 0.271. The van der Waals surface area contributed by atoms with Crippen LogP contribution in [0.1, 0.15) is 21.6 Å². The maximum Gasteiger partial charge on any atom is 0.341 e. The molecule has 0 aliphatic heterocycles. The highest BCUT2D eigenvalue weighted by molar-refractivity contribution is 6.06. The van der Waals surface area contributed by atoms with Gasteiger partial charge in [0, 0.05) is 23.1 Å². The molecule has 1 aromatic heterocycles. The molecule has 1 amide bonds. The van der Waals surface area contributed by atoms with E-state index in [0.717, 1.165) is 16.5 Å². The van der Waals surface area contributed by atoms with Gasteiger partial charge in [0.15, 0.2) is 18.1 Å². The number of hydrogen-bond donors (Lipinski definition) is 2. The van der Waals surface area contributed by atoms with Crippen molar-refractivity contribution in [2.24, 2.45) is 0 Å². The highest BCUT2D eigenvalue weighted by Crippen LogP contribution is 2.27. The Morgan fingerprint density at radius 2 is 1.79 bits per heavy atom. The predicted octanol–water partition coefficient (Wildman–Crippen LogP) is 2.97. The zero-order valence-electron chi connectivity index (χ0n) is 16.0. The molecule has 2 N–H and O–H groups in total. The van der Waals surface area contributed by atoms with Crippen LogP contribution in [0.15, 0.2) is 42.5 Å². The quantitative estimate of drug-likeness (QED) is 0.613. The Hall–Kier alpha value is -3.48. The second kappa shape index (κ2) is 8.47. The molecular formula is C21H22N2O5. The standard InChI is InChI=1S/C21H22N2O5/c1-13-20(15-6-4-5-7-16(15)23-13)21(25)28-12-19(24)22-11-14-8-9-17(26-2)18(10-14)27-3/h4-10,23H,11-12H2,1-3H3,(H,22,24). The Labute approximate surface area is 162 Å². The van der Waals surface area contributed by atoms with Crippen LogP contribution in [0, 0.1) is 6.92 Å². The van der Waals surface area contributed by atoms with Crippen molar-refractivity contribution >= 4 is 22.8 Å². The van der Waals surface area contributed by atoms with Gasteiger partial charge in [-0.25, -0.2) is 4.79 Å². The highest BCUT2D eigenvalue weighted by Gasteiger charge is 2.18. The Balaban J connectivity index is 1.57. The van der Waals surface area contributed by atoms with Gasteiger partial charge in [0.2, 0.25) is 0 Å². The SMILES string of the molecule is COc1ccc(CNC(=O)COC(=O)c2c(C)[nH]c3ccccc23)cc1OC. The van der Waals surface area contributed by atoms with Crippen molar-refractivity contribution in [3.05, 3.63) is 59.3 Å². The summed E-state index contributed by atoms with van der Waals surface area (Å²) in [6, 6.07) is 12.8. The highest BCUT2D eigenvalue weighted by atomic mass is 16.5. The van der Waals surface area contributed by atoms with Gasteiger partial charge in [-0.2, -0.15) is 0 Å². The molecule has 146 valence electrons. The zero-order chi connectivity index (χ0) is 20.1. The van der Waals surface area contributed by atoms with Gasteiger partial charge in [0.25, 0.3) is 5.91 Å². The van der Waals surface area contributed by atoms with E-state index >= 15 is 0 Å². The molecule has 0 saturated carbocycles. The lowest BCUT2D eigenvalue weighted by atomic mass is 10.1. The molecule has 3 rings (SSSR count). The number of para-hydroxylation sites is 1. The fourth-order valence-corrected chi connectivity index (χ4v) is 2.99. The number of aromatic nitrogens is 1. The maximum absolute atomic E-state index is 12.4. The molecule has 7 heteroatoms. The van der Waals surface area contributed by atoms with Gasteiger partial charge < -0.3 is 24.5 Å². The number of carbonyl (C=O) groups is 2. The van der Waals surface area contributed by atoms with Crippen LogP contribution in [-0.4, -0.2) is 37.7 Å². The third-order valence-electron chi connectivity index (χ3n) is 4.37. The van der Waals surface area contributed by atoms with Gasteiger partial charge in [-0.05, 0) is 30.7 Å². The van der Waals surface area contributed by atoms with E-state index in [1.54, 1.807) is 33.3 Å². The maximum atomic E-state index is 12.4. The molecule has 0 saturated heterocycles. The average Bonchev–Trinajstić information content (AvgIpc) is 3.05. The number of methoxy groups -OCH3 is 2. The number of nitrogens with one attached hydrogen (secondary N) is 2. The van der Waals surface area contributed by atoms with Crippen LogP contribution < -0.4 is 14.8 Å². The molecule has 3 aromatic rings. The van der Waals surface area contributed by atoms with E-state index in [9.17, 15) is 9.59 Å². The predicted molar refractivity (Wildman–Crippen MR) is 105 cm³/mol. The van der Waals surface area contributed by atoms with E-state index in [1.807, 2.05) is 30.3 Å². The lowest BCUT2D eigenvalue weighted by Gasteiger charge is -2.10. The number of fused-ring (bicyclic) bond motifs is 1. The van der Waals surface area contributed by atoms with Crippen LogP contribution >= 0.6 is 0 Å². The summed E-state index contributed by atoms with van der Waals surface area (Å²) in [5.41, 5.74) is 2.84. The molecule has 0 spiro atoms. The first-order chi connectivity index (χ1) is 13.5. The van der Waals surface area contributed by atoms with Gasteiger partial charge in [-0.3, -0.25) is 4.79 Å². The summed E-state index contributed by atoms with van der Waals surface area (Å²) in [6.07, 6.45) is 0. The number of hydrogen-bond acceptors (Lipinski definition) is 5. The number of ether oxygens (including phenoxy) is 3. The van der Waals surface area contributed by atoms with E-state index in [2.05, 4.69) is 10.3 Å². The van der Waals surface area contributed by atoms with Crippen LogP contribution in [0.2, 0.25) is 0 Å². The summed E-state index contributed by atoms with van der Waals surface area (Å²) in [6.45, 7) is 1.72. The number of benzene rings is 2. The number of carbonyl (C=O) groups excluding carboxylic acids is 2. The number of esters is 1. The van der Waals surface area contributed by atoms with Crippen LogP contribution in [0.3, 0.4) is 0 Å². The van der Waals surface area contributed by atoms with Gasteiger partial charge in [0.1, 0.15) is 0 Å². The first-order valence-electron chi connectivity index (χ1n) is 8.75. The van der Waals surface area contributed by atoms with E-state index < -0.39 is 5.97 Å². The third kappa shape index (κ3) is 4.09. The minimum Gasteiger partial charge on any atom is -0.493 e. The Bertz CT molecular complexity index is 1010. The van der Waals surface area contributed by atoms with Crippen LogP contribution in [0.4, 0.5) is 0 Å². The largest absolute Gasteiger partial charge is 0.493 e. The molecule has 7 nitrogen and oxygen atoms in total. The first kappa shape index (κ1) is 19.3. The van der Waals surface area contributed by atoms with Crippen molar-refractivity contribution in [2.75, 3.05) is 20.8 Å². The van der Waals surface area contributed by atoms with Gasteiger partial charge in [0.05, 0.1) is 19.8 Å². The Morgan fingerprint density at radius 1 is 1.04 bits per heavy atom. The molecule has 1 heterocycles. The second-order valence-corrected chi connectivity index (χ2v) is 6.21. The number of H-pyrrole nitrogens is 1. The molecular weight excluding hydrogens is 360 g/mol. The lowest BCUT2D eigenvalue weighted by molar-refractivity contribution is -0.124. The van der Waals surface area contributed by atoms with Gasteiger partial charge >= 0.3 is 5.97 Å². The molecule has 28 heavy (non-hydrogen) atoms. The minimum atomic E-state index is -0.531. The average molecular weight is 382 g/mol. The summed E-state index contributed by atoms with van der Waals surface area (Å²) in [4.78, 5) is 27.6. The van der Waals surface area contributed by atoms with Gasteiger partial charge in [-0.15, -0.1) is 0 Å². The first-order valence-corrected chi connectivity index (χ1v) is 8.75. The number of amides is 1. The van der Waals surface area contributed by atoms with Crippen molar-refractivity contribution in [1.29, 1.82) is 0 Å². The van der Waals surface area contributed by atoms with E-state index in [4.69, 9.17) is 14.2 Å². The van der Waals surface area contributed by atoms with Crippen molar-refractivity contribution in [2.45, 2.75) is 13.5 Å². The molecule has 0 unspecified atom stereocenters. The van der Waals surface area contributed by atoms with Crippen LogP contribution in [0.5, 0.6) is 11.5 Å².